The van der Waals surface area contributed by atoms with Gasteiger partial charge >= 0.3 is 6.18 Å². The van der Waals surface area contributed by atoms with E-state index in [0.29, 0.717) is 6.42 Å². The quantitative estimate of drug-likeness (QED) is 0.693. The standard InChI is InChI=1S/C16H20F3NS/c1-2-10-20-13(7-5-9-16(17,18)19)15-11-12-6-3-4-8-14(12)21-15/h3-4,6,8,11,13,20H,2,5,7,9-10H2,1H3. The van der Waals surface area contributed by atoms with Crippen molar-refractivity contribution in [3.8, 4) is 0 Å². The molecule has 0 spiro atoms. The third kappa shape index (κ3) is 5.00. The van der Waals surface area contributed by atoms with Crippen molar-refractivity contribution in [2.75, 3.05) is 6.54 Å². The highest BCUT2D eigenvalue weighted by Gasteiger charge is 2.27. The van der Waals surface area contributed by atoms with E-state index in [1.54, 1.807) is 11.3 Å². The van der Waals surface area contributed by atoms with E-state index in [1.165, 1.54) is 4.70 Å². The highest BCUT2D eigenvalue weighted by Crippen LogP contribution is 2.33. The van der Waals surface area contributed by atoms with Gasteiger partial charge in [0, 0.05) is 22.0 Å². The largest absolute Gasteiger partial charge is 0.389 e. The van der Waals surface area contributed by atoms with Gasteiger partial charge in [-0.05, 0) is 43.3 Å². The molecule has 1 atom stereocenters. The average molecular weight is 315 g/mol. The summed E-state index contributed by atoms with van der Waals surface area (Å²) in [6, 6.07) is 10.2. The smallest absolute Gasteiger partial charge is 0.309 e. The van der Waals surface area contributed by atoms with Crippen molar-refractivity contribution in [1.82, 2.24) is 5.32 Å². The van der Waals surface area contributed by atoms with Crippen molar-refractivity contribution < 1.29 is 13.2 Å². The van der Waals surface area contributed by atoms with Gasteiger partial charge in [0.2, 0.25) is 0 Å². The highest BCUT2D eigenvalue weighted by molar-refractivity contribution is 7.19. The number of fused-ring (bicyclic) bond motifs is 1. The number of alkyl halides is 3. The number of benzene rings is 1. The summed E-state index contributed by atoms with van der Waals surface area (Å²) in [6.45, 7) is 2.88. The second-order valence-corrected chi connectivity index (χ2v) is 6.32. The van der Waals surface area contributed by atoms with E-state index in [4.69, 9.17) is 0 Å². The van der Waals surface area contributed by atoms with Gasteiger partial charge in [0.1, 0.15) is 0 Å². The Morgan fingerprint density at radius 2 is 2.00 bits per heavy atom. The number of halogens is 3. The highest BCUT2D eigenvalue weighted by atomic mass is 32.1. The van der Waals surface area contributed by atoms with Crippen LogP contribution in [0, 0.1) is 0 Å². The summed E-state index contributed by atoms with van der Waals surface area (Å²) in [7, 11) is 0. The van der Waals surface area contributed by atoms with Crippen molar-refractivity contribution in [2.45, 2.75) is 44.8 Å². The Kier molecular flexibility index (Phi) is 5.65. The molecule has 21 heavy (non-hydrogen) atoms. The normalized spacial score (nSPS) is 13.7. The number of thiophene rings is 1. The zero-order valence-electron chi connectivity index (χ0n) is 12.0. The second kappa shape index (κ2) is 7.27. The lowest BCUT2D eigenvalue weighted by molar-refractivity contribution is -0.135. The molecule has 1 heterocycles. The van der Waals surface area contributed by atoms with Crippen LogP contribution in [0.3, 0.4) is 0 Å². The molecule has 1 unspecified atom stereocenters. The van der Waals surface area contributed by atoms with Gasteiger partial charge in [0.25, 0.3) is 0 Å². The maximum atomic E-state index is 12.3. The molecule has 116 valence electrons. The van der Waals surface area contributed by atoms with Crippen molar-refractivity contribution >= 4 is 21.4 Å². The summed E-state index contributed by atoms with van der Waals surface area (Å²) >= 11 is 1.67. The molecule has 0 fully saturated rings. The first-order valence-corrected chi connectivity index (χ1v) is 8.10. The molecule has 0 aliphatic carbocycles. The molecule has 2 aromatic rings. The van der Waals surface area contributed by atoms with Gasteiger partial charge in [-0.1, -0.05) is 25.1 Å². The predicted molar refractivity (Wildman–Crippen MR) is 82.8 cm³/mol. The van der Waals surface area contributed by atoms with Crippen molar-refractivity contribution in [3.63, 3.8) is 0 Å². The Hall–Kier alpha value is -1.07. The average Bonchev–Trinajstić information content (AvgIpc) is 2.85. The van der Waals surface area contributed by atoms with Gasteiger partial charge in [0.15, 0.2) is 0 Å². The molecule has 0 amide bonds. The van der Waals surface area contributed by atoms with E-state index < -0.39 is 12.6 Å². The molecule has 0 saturated heterocycles. The van der Waals surface area contributed by atoms with Gasteiger partial charge < -0.3 is 5.32 Å². The summed E-state index contributed by atoms with van der Waals surface area (Å²) in [6.07, 6.45) is -3.11. The lowest BCUT2D eigenvalue weighted by Gasteiger charge is -2.17. The Labute approximate surface area is 127 Å². The van der Waals surface area contributed by atoms with Crippen LogP contribution in [0.2, 0.25) is 0 Å². The van der Waals surface area contributed by atoms with Crippen molar-refractivity contribution in [3.05, 3.63) is 35.2 Å². The summed E-state index contributed by atoms with van der Waals surface area (Å²) in [5.41, 5.74) is 0. The number of hydrogen-bond acceptors (Lipinski definition) is 2. The molecular formula is C16H20F3NS. The molecule has 2 rings (SSSR count). The van der Waals surface area contributed by atoms with Crippen LogP contribution < -0.4 is 5.32 Å². The molecule has 1 aromatic heterocycles. The van der Waals surface area contributed by atoms with Crippen LogP contribution in [0.1, 0.15) is 43.5 Å². The minimum Gasteiger partial charge on any atom is -0.309 e. The van der Waals surface area contributed by atoms with Gasteiger partial charge in [-0.3, -0.25) is 0 Å². The topological polar surface area (TPSA) is 12.0 Å². The third-order valence-electron chi connectivity index (χ3n) is 3.38. The summed E-state index contributed by atoms with van der Waals surface area (Å²) in [5.74, 6) is 0. The van der Waals surface area contributed by atoms with Crippen molar-refractivity contribution in [1.29, 1.82) is 0 Å². The molecule has 0 aliphatic rings. The van der Waals surface area contributed by atoms with Gasteiger partial charge in [0.05, 0.1) is 0 Å². The Morgan fingerprint density at radius 1 is 1.24 bits per heavy atom. The van der Waals surface area contributed by atoms with E-state index in [1.807, 2.05) is 18.2 Å². The van der Waals surface area contributed by atoms with Gasteiger partial charge in [-0.15, -0.1) is 11.3 Å². The van der Waals surface area contributed by atoms with E-state index in [9.17, 15) is 13.2 Å². The van der Waals surface area contributed by atoms with Crippen LogP contribution in [0.5, 0.6) is 0 Å². The van der Waals surface area contributed by atoms with Gasteiger partial charge in [-0.25, -0.2) is 0 Å². The number of hydrogen-bond donors (Lipinski definition) is 1. The molecule has 0 aliphatic heterocycles. The summed E-state index contributed by atoms with van der Waals surface area (Å²) < 4.78 is 38.1. The SMILES string of the molecule is CCCNC(CCCC(F)(F)F)c1cc2ccccc2s1. The minimum absolute atomic E-state index is 0.0182. The van der Waals surface area contributed by atoms with Crippen LogP contribution in [0.25, 0.3) is 10.1 Å². The van der Waals surface area contributed by atoms with Crippen LogP contribution in [-0.2, 0) is 0 Å². The van der Waals surface area contributed by atoms with E-state index in [2.05, 4.69) is 24.4 Å². The number of rotatable bonds is 7. The molecule has 1 aromatic carbocycles. The summed E-state index contributed by atoms with van der Waals surface area (Å²) in [5, 5.41) is 4.54. The number of nitrogens with one attached hydrogen (secondary N) is 1. The van der Waals surface area contributed by atoms with Crippen LogP contribution in [-0.4, -0.2) is 12.7 Å². The zero-order chi connectivity index (χ0) is 15.3. The molecule has 5 heteroatoms. The monoisotopic (exact) mass is 315 g/mol. The second-order valence-electron chi connectivity index (χ2n) is 5.20. The fourth-order valence-corrected chi connectivity index (χ4v) is 3.52. The lowest BCUT2D eigenvalue weighted by atomic mass is 10.1. The zero-order valence-corrected chi connectivity index (χ0v) is 12.9. The lowest BCUT2D eigenvalue weighted by Crippen LogP contribution is -2.22. The molecule has 0 saturated carbocycles. The molecule has 1 N–H and O–H groups in total. The van der Waals surface area contributed by atoms with E-state index >= 15 is 0 Å². The molecular weight excluding hydrogens is 295 g/mol. The van der Waals surface area contributed by atoms with Gasteiger partial charge in [-0.2, -0.15) is 13.2 Å². The minimum atomic E-state index is -4.06. The maximum Gasteiger partial charge on any atom is 0.389 e. The van der Waals surface area contributed by atoms with Crippen molar-refractivity contribution in [2.24, 2.45) is 0 Å². The molecule has 0 bridgehead atoms. The fraction of sp³-hybridized carbons (Fsp3) is 0.500. The fourth-order valence-electron chi connectivity index (χ4n) is 2.34. The van der Waals surface area contributed by atoms with Crippen LogP contribution in [0.15, 0.2) is 30.3 Å². The Bertz CT molecular complexity index is 529. The van der Waals surface area contributed by atoms with Crippen LogP contribution in [0.4, 0.5) is 13.2 Å². The summed E-state index contributed by atoms with van der Waals surface area (Å²) in [4.78, 5) is 1.13. The first-order valence-electron chi connectivity index (χ1n) is 7.28. The van der Waals surface area contributed by atoms with E-state index in [-0.39, 0.29) is 12.5 Å². The predicted octanol–water partition coefficient (Wildman–Crippen LogP) is 5.67. The Morgan fingerprint density at radius 3 is 2.67 bits per heavy atom. The Balaban J connectivity index is 2.07. The molecule has 1 nitrogen and oxygen atoms in total. The first kappa shape index (κ1) is 16.3. The molecule has 0 radical (unpaired) electrons. The maximum absolute atomic E-state index is 12.3. The van der Waals surface area contributed by atoms with Crippen LogP contribution >= 0.6 is 11.3 Å². The first-order chi connectivity index (χ1) is 9.99. The van der Waals surface area contributed by atoms with E-state index in [0.717, 1.165) is 23.2 Å². The third-order valence-corrected chi connectivity index (χ3v) is 4.61.